The smallest absolute Gasteiger partial charge is 0.300 e. The van der Waals surface area contributed by atoms with Gasteiger partial charge in [-0.2, -0.15) is 4.98 Å². The van der Waals surface area contributed by atoms with Crippen LogP contribution in [0.25, 0.3) is 11.2 Å². The molecule has 6 nitrogen and oxygen atoms in total. The minimum absolute atomic E-state index is 0. The molecule has 0 spiro atoms. The Balaban J connectivity index is 0.000001000. The van der Waals surface area contributed by atoms with E-state index in [-0.39, 0.29) is 30.9 Å². The molecule has 0 aliphatic carbocycles. The molecule has 0 amide bonds. The predicted octanol–water partition coefficient (Wildman–Crippen LogP) is 1.62. The lowest BCUT2D eigenvalue weighted by Crippen LogP contribution is -2.43. The third-order valence-corrected chi connectivity index (χ3v) is 3.05. The minimum atomic E-state index is 0. The number of fused-ring (bicyclic) bond motifs is 1. The number of ether oxygens (including phenoxy) is 1. The van der Waals surface area contributed by atoms with Gasteiger partial charge >= 0.3 is 0 Å². The van der Waals surface area contributed by atoms with Gasteiger partial charge in [-0.15, -0.1) is 24.8 Å². The van der Waals surface area contributed by atoms with Crippen molar-refractivity contribution in [3.8, 4) is 0 Å². The van der Waals surface area contributed by atoms with Crippen LogP contribution in [0.4, 0.5) is 6.01 Å². The number of hydrogen-bond acceptors (Lipinski definition) is 6. The largest absolute Gasteiger partial charge is 0.422 e. The van der Waals surface area contributed by atoms with Crippen molar-refractivity contribution in [1.82, 2.24) is 9.97 Å². The van der Waals surface area contributed by atoms with Crippen molar-refractivity contribution in [3.05, 3.63) is 18.3 Å². The van der Waals surface area contributed by atoms with Crippen LogP contribution in [0.5, 0.6) is 0 Å². The fourth-order valence-corrected chi connectivity index (χ4v) is 2.15. The van der Waals surface area contributed by atoms with Crippen LogP contribution in [0.15, 0.2) is 22.7 Å². The summed E-state index contributed by atoms with van der Waals surface area (Å²) in [7, 11) is 0. The number of aromatic nitrogens is 2. The van der Waals surface area contributed by atoms with Gasteiger partial charge in [0.05, 0.1) is 12.7 Å². The highest BCUT2D eigenvalue weighted by molar-refractivity contribution is 5.85. The van der Waals surface area contributed by atoms with Gasteiger partial charge in [-0.25, -0.2) is 4.98 Å². The number of oxazole rings is 1. The molecule has 1 atom stereocenters. The molecule has 1 saturated heterocycles. The summed E-state index contributed by atoms with van der Waals surface area (Å²) < 4.78 is 11.3. The zero-order valence-corrected chi connectivity index (χ0v) is 12.5. The van der Waals surface area contributed by atoms with E-state index in [0.29, 0.717) is 24.8 Å². The normalized spacial score (nSPS) is 18.4. The van der Waals surface area contributed by atoms with E-state index in [1.807, 2.05) is 12.1 Å². The Morgan fingerprint density at radius 2 is 2.25 bits per heavy atom. The van der Waals surface area contributed by atoms with Crippen molar-refractivity contribution >= 4 is 42.1 Å². The van der Waals surface area contributed by atoms with E-state index in [9.17, 15) is 0 Å². The minimum Gasteiger partial charge on any atom is -0.422 e. The molecule has 2 N–H and O–H groups in total. The lowest BCUT2D eigenvalue weighted by atomic mass is 10.2. The molecular weight excluding hydrogens is 303 g/mol. The summed E-state index contributed by atoms with van der Waals surface area (Å²) in [5.74, 6) is 0. The van der Waals surface area contributed by atoms with Crippen molar-refractivity contribution in [2.45, 2.75) is 12.5 Å². The lowest BCUT2D eigenvalue weighted by molar-refractivity contribution is 0.0353. The van der Waals surface area contributed by atoms with Crippen LogP contribution >= 0.6 is 24.8 Å². The lowest BCUT2D eigenvalue weighted by Gasteiger charge is -2.31. The summed E-state index contributed by atoms with van der Waals surface area (Å²) in [4.78, 5) is 10.7. The van der Waals surface area contributed by atoms with Gasteiger partial charge < -0.3 is 19.8 Å². The summed E-state index contributed by atoms with van der Waals surface area (Å²) in [6.45, 7) is 2.86. The first-order valence-electron chi connectivity index (χ1n) is 6.15. The fraction of sp³-hybridized carbons (Fsp3) is 0.500. The highest BCUT2D eigenvalue weighted by Crippen LogP contribution is 2.22. The molecule has 1 aliphatic heterocycles. The van der Waals surface area contributed by atoms with Crippen molar-refractivity contribution in [2.24, 2.45) is 5.73 Å². The van der Waals surface area contributed by atoms with Crippen LogP contribution in [0.1, 0.15) is 6.42 Å². The number of morpholine rings is 1. The average Bonchev–Trinajstić information content (AvgIpc) is 2.83. The highest BCUT2D eigenvalue weighted by Gasteiger charge is 2.23. The molecule has 2 aromatic rings. The number of pyridine rings is 1. The Hall–Kier alpha value is -1.08. The Bertz CT molecular complexity index is 502. The van der Waals surface area contributed by atoms with Crippen LogP contribution < -0.4 is 10.6 Å². The second-order valence-corrected chi connectivity index (χ2v) is 4.34. The molecule has 0 radical (unpaired) electrons. The summed E-state index contributed by atoms with van der Waals surface area (Å²) in [6.07, 6.45) is 2.73. The number of anilines is 1. The van der Waals surface area contributed by atoms with E-state index in [2.05, 4.69) is 14.9 Å². The second kappa shape index (κ2) is 7.64. The van der Waals surface area contributed by atoms with Gasteiger partial charge in [0.15, 0.2) is 5.58 Å². The van der Waals surface area contributed by atoms with E-state index < -0.39 is 0 Å². The molecule has 20 heavy (non-hydrogen) atoms. The number of halogens is 2. The Kier molecular flexibility index (Phi) is 6.48. The molecule has 0 bridgehead atoms. The molecule has 3 rings (SSSR count). The number of rotatable bonds is 3. The molecular formula is C12H18Cl2N4O2. The van der Waals surface area contributed by atoms with Gasteiger partial charge in [0.1, 0.15) is 0 Å². The second-order valence-electron chi connectivity index (χ2n) is 4.34. The molecule has 2 aromatic heterocycles. The molecule has 112 valence electrons. The third-order valence-electron chi connectivity index (χ3n) is 3.05. The summed E-state index contributed by atoms with van der Waals surface area (Å²) >= 11 is 0. The van der Waals surface area contributed by atoms with Gasteiger partial charge in [0.2, 0.25) is 5.65 Å². The van der Waals surface area contributed by atoms with E-state index in [1.165, 1.54) is 0 Å². The summed E-state index contributed by atoms with van der Waals surface area (Å²) in [5, 5.41) is 0. The molecule has 1 aliphatic rings. The predicted molar refractivity (Wildman–Crippen MR) is 81.9 cm³/mol. The third kappa shape index (κ3) is 3.52. The summed E-state index contributed by atoms with van der Waals surface area (Å²) in [5.41, 5.74) is 6.92. The van der Waals surface area contributed by atoms with Crippen molar-refractivity contribution in [2.75, 3.05) is 31.1 Å². The van der Waals surface area contributed by atoms with Crippen molar-refractivity contribution < 1.29 is 9.15 Å². The number of nitrogens with two attached hydrogens (primary N) is 1. The Morgan fingerprint density at radius 1 is 1.40 bits per heavy atom. The van der Waals surface area contributed by atoms with Crippen LogP contribution in [-0.2, 0) is 4.74 Å². The van der Waals surface area contributed by atoms with Gasteiger partial charge in [0.25, 0.3) is 6.01 Å². The topological polar surface area (TPSA) is 77.4 Å². The first-order chi connectivity index (χ1) is 8.86. The maximum atomic E-state index is 5.70. The van der Waals surface area contributed by atoms with Crippen LogP contribution in [-0.4, -0.2) is 42.3 Å². The monoisotopic (exact) mass is 320 g/mol. The van der Waals surface area contributed by atoms with E-state index in [4.69, 9.17) is 14.9 Å². The standard InChI is InChI=1S/C12H16N4O2.2ClH/c13-4-3-9-8-16(6-7-17-9)12-15-11-10(18-12)2-1-5-14-11;;/h1-2,5,9H,3-4,6-8,13H2;2*1H. The van der Waals surface area contributed by atoms with Crippen LogP contribution in [0.3, 0.4) is 0 Å². The molecule has 8 heteroatoms. The number of nitrogens with zero attached hydrogens (tertiary/aromatic N) is 3. The summed E-state index contributed by atoms with van der Waals surface area (Å²) in [6, 6.07) is 4.33. The zero-order valence-electron chi connectivity index (χ0n) is 10.9. The van der Waals surface area contributed by atoms with Gasteiger partial charge in [-0.3, -0.25) is 0 Å². The zero-order chi connectivity index (χ0) is 12.4. The van der Waals surface area contributed by atoms with Crippen LogP contribution in [0.2, 0.25) is 0 Å². The van der Waals surface area contributed by atoms with E-state index in [0.717, 1.165) is 25.1 Å². The highest BCUT2D eigenvalue weighted by atomic mass is 35.5. The van der Waals surface area contributed by atoms with E-state index >= 15 is 0 Å². The SMILES string of the molecule is Cl.Cl.NCCC1CN(c2nc3ncccc3o2)CCO1. The van der Waals surface area contributed by atoms with Gasteiger partial charge in [-0.05, 0) is 25.1 Å². The van der Waals surface area contributed by atoms with E-state index in [1.54, 1.807) is 6.20 Å². The molecule has 1 fully saturated rings. The first kappa shape index (κ1) is 17.0. The van der Waals surface area contributed by atoms with Crippen molar-refractivity contribution in [1.29, 1.82) is 0 Å². The first-order valence-corrected chi connectivity index (χ1v) is 6.15. The Labute approximate surface area is 129 Å². The van der Waals surface area contributed by atoms with Crippen molar-refractivity contribution in [3.63, 3.8) is 0 Å². The van der Waals surface area contributed by atoms with Crippen LogP contribution in [0, 0.1) is 0 Å². The maximum absolute atomic E-state index is 5.70. The molecule has 1 unspecified atom stereocenters. The molecule has 3 heterocycles. The fourth-order valence-electron chi connectivity index (χ4n) is 2.15. The molecule has 0 saturated carbocycles. The number of hydrogen-bond donors (Lipinski definition) is 1. The van der Waals surface area contributed by atoms with Gasteiger partial charge in [-0.1, -0.05) is 0 Å². The maximum Gasteiger partial charge on any atom is 0.300 e. The average molecular weight is 321 g/mol. The molecule has 0 aromatic carbocycles. The quantitative estimate of drug-likeness (QED) is 0.926. The van der Waals surface area contributed by atoms with Gasteiger partial charge in [0, 0.05) is 19.3 Å². The Morgan fingerprint density at radius 3 is 3.00 bits per heavy atom.